The zero-order valence-electron chi connectivity index (χ0n) is 8.95. The average Bonchev–Trinajstić information content (AvgIpc) is 2.43. The highest BCUT2D eigenvalue weighted by Gasteiger charge is 2.24. The number of halogens is 1. The van der Waals surface area contributed by atoms with Crippen molar-refractivity contribution in [2.24, 2.45) is 0 Å². The van der Waals surface area contributed by atoms with Crippen molar-refractivity contribution >= 4 is 21.6 Å². The molecule has 3 nitrogen and oxygen atoms in total. The molecule has 0 aliphatic heterocycles. The Bertz CT molecular complexity index is 511. The predicted molar refractivity (Wildman–Crippen MR) is 62.9 cm³/mol. The van der Waals surface area contributed by atoms with Crippen LogP contribution in [0.25, 0.3) is 5.65 Å². The number of aromatic nitrogens is 2. The molecule has 2 aromatic heterocycles. The maximum atomic E-state index is 9.93. The number of hydrogen-bond donors (Lipinski definition) is 1. The van der Waals surface area contributed by atoms with Crippen molar-refractivity contribution < 1.29 is 5.11 Å². The Balaban J connectivity index is 2.76. The molecule has 0 saturated heterocycles. The minimum absolute atomic E-state index is 0.660. The normalized spacial score (nSPS) is 12.3. The van der Waals surface area contributed by atoms with Gasteiger partial charge in [-0.1, -0.05) is 6.07 Å². The molecule has 0 radical (unpaired) electrons. The molecule has 15 heavy (non-hydrogen) atoms. The third-order valence-corrected chi connectivity index (χ3v) is 3.05. The quantitative estimate of drug-likeness (QED) is 0.864. The molecule has 80 valence electrons. The number of pyridine rings is 1. The summed E-state index contributed by atoms with van der Waals surface area (Å²) >= 11 is 3.46. The lowest BCUT2D eigenvalue weighted by atomic mass is 10.1. The van der Waals surface area contributed by atoms with Gasteiger partial charge in [0.05, 0.1) is 0 Å². The SMILES string of the molecule is Cc1ccc2nc(C(C)(C)O)c(Br)n2c1. The van der Waals surface area contributed by atoms with Gasteiger partial charge >= 0.3 is 0 Å². The van der Waals surface area contributed by atoms with Crippen LogP contribution in [0.4, 0.5) is 0 Å². The summed E-state index contributed by atoms with van der Waals surface area (Å²) in [4.78, 5) is 4.39. The largest absolute Gasteiger partial charge is 0.384 e. The van der Waals surface area contributed by atoms with Crippen LogP contribution in [0.1, 0.15) is 25.1 Å². The maximum Gasteiger partial charge on any atom is 0.138 e. The molecule has 0 spiro atoms. The average molecular weight is 269 g/mol. The van der Waals surface area contributed by atoms with Crippen molar-refractivity contribution in [3.63, 3.8) is 0 Å². The summed E-state index contributed by atoms with van der Waals surface area (Å²) in [5, 5.41) is 9.93. The molecule has 0 aliphatic rings. The van der Waals surface area contributed by atoms with Crippen LogP contribution in [0, 0.1) is 6.92 Å². The van der Waals surface area contributed by atoms with Crippen molar-refractivity contribution in [3.05, 3.63) is 34.2 Å². The Labute approximate surface area is 96.9 Å². The first-order valence-electron chi connectivity index (χ1n) is 4.76. The second-order valence-electron chi connectivity index (χ2n) is 4.24. The maximum absolute atomic E-state index is 9.93. The van der Waals surface area contributed by atoms with Gasteiger partial charge in [0.2, 0.25) is 0 Å². The van der Waals surface area contributed by atoms with E-state index in [1.54, 1.807) is 13.8 Å². The van der Waals surface area contributed by atoms with Gasteiger partial charge in [-0.3, -0.25) is 4.40 Å². The van der Waals surface area contributed by atoms with Crippen LogP contribution in [0.2, 0.25) is 0 Å². The molecule has 0 fully saturated rings. The topological polar surface area (TPSA) is 37.5 Å². The lowest BCUT2D eigenvalue weighted by molar-refractivity contribution is 0.0736. The second-order valence-corrected chi connectivity index (χ2v) is 5.00. The third-order valence-electron chi connectivity index (χ3n) is 2.29. The van der Waals surface area contributed by atoms with Gasteiger partial charge in [-0.05, 0) is 48.3 Å². The van der Waals surface area contributed by atoms with E-state index in [1.165, 1.54) is 0 Å². The minimum Gasteiger partial charge on any atom is -0.384 e. The summed E-state index contributed by atoms with van der Waals surface area (Å²) in [6, 6.07) is 3.94. The third kappa shape index (κ3) is 1.79. The van der Waals surface area contributed by atoms with Crippen LogP contribution in [0.3, 0.4) is 0 Å². The van der Waals surface area contributed by atoms with Gasteiger partial charge < -0.3 is 5.11 Å². The Hall–Kier alpha value is -0.870. The molecule has 1 N–H and O–H groups in total. The molecule has 0 amide bonds. The zero-order chi connectivity index (χ0) is 11.2. The molecule has 0 aliphatic carbocycles. The van der Waals surface area contributed by atoms with E-state index in [4.69, 9.17) is 0 Å². The fourth-order valence-electron chi connectivity index (χ4n) is 1.51. The van der Waals surface area contributed by atoms with E-state index in [-0.39, 0.29) is 0 Å². The Kier molecular flexibility index (Phi) is 2.35. The number of nitrogens with zero attached hydrogens (tertiary/aromatic N) is 2. The molecule has 2 aromatic rings. The molecular weight excluding hydrogens is 256 g/mol. The number of imidazole rings is 1. The summed E-state index contributed by atoms with van der Waals surface area (Å²) in [6.45, 7) is 5.48. The predicted octanol–water partition coefficient (Wildman–Crippen LogP) is 2.63. The molecule has 0 bridgehead atoms. The second kappa shape index (κ2) is 3.32. The van der Waals surface area contributed by atoms with E-state index < -0.39 is 5.60 Å². The van der Waals surface area contributed by atoms with Crippen molar-refractivity contribution in [1.29, 1.82) is 0 Å². The smallest absolute Gasteiger partial charge is 0.138 e. The summed E-state index contributed by atoms with van der Waals surface area (Å²) in [5.74, 6) is 0. The number of aliphatic hydroxyl groups is 1. The first-order chi connectivity index (χ1) is 6.89. The van der Waals surface area contributed by atoms with Gasteiger partial charge in [0.25, 0.3) is 0 Å². The lowest BCUT2D eigenvalue weighted by Crippen LogP contribution is -2.16. The monoisotopic (exact) mass is 268 g/mol. The van der Waals surface area contributed by atoms with Crippen LogP contribution in [0.15, 0.2) is 22.9 Å². The molecule has 0 saturated carbocycles. The summed E-state index contributed by atoms with van der Waals surface area (Å²) in [6.07, 6.45) is 1.99. The molecule has 4 heteroatoms. The van der Waals surface area contributed by atoms with Crippen LogP contribution in [-0.2, 0) is 5.60 Å². The molecule has 2 rings (SSSR count). The summed E-state index contributed by atoms with van der Waals surface area (Å²) in [7, 11) is 0. The van der Waals surface area contributed by atoms with E-state index in [2.05, 4.69) is 20.9 Å². The molecule has 0 atom stereocenters. The van der Waals surface area contributed by atoms with Gasteiger partial charge in [-0.25, -0.2) is 4.98 Å². The number of rotatable bonds is 1. The first kappa shape index (κ1) is 10.6. The number of fused-ring (bicyclic) bond motifs is 1. The van der Waals surface area contributed by atoms with Gasteiger partial charge in [0.1, 0.15) is 21.5 Å². The Morgan fingerprint density at radius 3 is 2.67 bits per heavy atom. The van der Waals surface area contributed by atoms with Gasteiger partial charge in [-0.2, -0.15) is 0 Å². The molecular formula is C11H13BrN2O. The van der Waals surface area contributed by atoms with Crippen molar-refractivity contribution in [1.82, 2.24) is 9.38 Å². The van der Waals surface area contributed by atoms with E-state index in [1.807, 2.05) is 29.7 Å². The summed E-state index contributed by atoms with van der Waals surface area (Å²) in [5.41, 5.74) is 1.72. The highest BCUT2D eigenvalue weighted by molar-refractivity contribution is 9.10. The van der Waals surface area contributed by atoms with Crippen LogP contribution in [-0.4, -0.2) is 14.5 Å². The van der Waals surface area contributed by atoms with E-state index in [0.29, 0.717) is 5.69 Å². The Morgan fingerprint density at radius 2 is 2.07 bits per heavy atom. The highest BCUT2D eigenvalue weighted by Crippen LogP contribution is 2.28. The lowest BCUT2D eigenvalue weighted by Gasteiger charge is -2.14. The van der Waals surface area contributed by atoms with E-state index in [0.717, 1.165) is 15.8 Å². The molecule has 0 aromatic carbocycles. The van der Waals surface area contributed by atoms with Gasteiger partial charge in [0.15, 0.2) is 0 Å². The van der Waals surface area contributed by atoms with Gasteiger partial charge in [0, 0.05) is 6.20 Å². The van der Waals surface area contributed by atoms with Crippen molar-refractivity contribution in [2.75, 3.05) is 0 Å². The van der Waals surface area contributed by atoms with Crippen molar-refractivity contribution in [2.45, 2.75) is 26.4 Å². The van der Waals surface area contributed by atoms with Gasteiger partial charge in [-0.15, -0.1) is 0 Å². The van der Waals surface area contributed by atoms with Crippen LogP contribution < -0.4 is 0 Å². The van der Waals surface area contributed by atoms with Crippen LogP contribution in [0.5, 0.6) is 0 Å². The van der Waals surface area contributed by atoms with Crippen LogP contribution >= 0.6 is 15.9 Å². The fraction of sp³-hybridized carbons (Fsp3) is 0.364. The standard InChI is InChI=1S/C11H13BrN2O/c1-7-4-5-8-13-9(11(2,3)15)10(12)14(8)6-7/h4-6,15H,1-3H3. The molecule has 2 heterocycles. The first-order valence-corrected chi connectivity index (χ1v) is 5.56. The molecule has 0 unspecified atom stereocenters. The zero-order valence-corrected chi connectivity index (χ0v) is 10.5. The fourth-order valence-corrected chi connectivity index (χ4v) is 2.37. The minimum atomic E-state index is -0.932. The number of hydrogen-bond acceptors (Lipinski definition) is 2. The number of aryl methyl sites for hydroxylation is 1. The highest BCUT2D eigenvalue weighted by atomic mass is 79.9. The Morgan fingerprint density at radius 1 is 1.40 bits per heavy atom. The van der Waals surface area contributed by atoms with Crippen molar-refractivity contribution in [3.8, 4) is 0 Å². The summed E-state index contributed by atoms with van der Waals surface area (Å²) < 4.78 is 2.75. The van der Waals surface area contributed by atoms with E-state index >= 15 is 0 Å². The van der Waals surface area contributed by atoms with E-state index in [9.17, 15) is 5.11 Å².